The van der Waals surface area contributed by atoms with E-state index in [1.165, 1.54) is 22.9 Å². The van der Waals surface area contributed by atoms with Crippen LogP contribution < -0.4 is 11.3 Å². The van der Waals surface area contributed by atoms with E-state index in [9.17, 15) is 9.59 Å². The summed E-state index contributed by atoms with van der Waals surface area (Å²) in [6.07, 6.45) is 1.40. The Morgan fingerprint density at radius 1 is 1.24 bits per heavy atom. The van der Waals surface area contributed by atoms with Gasteiger partial charge in [0.15, 0.2) is 0 Å². The van der Waals surface area contributed by atoms with Crippen LogP contribution in [0.4, 0.5) is 0 Å². The van der Waals surface area contributed by atoms with Gasteiger partial charge in [-0.2, -0.15) is 0 Å². The molecule has 1 heterocycles. The van der Waals surface area contributed by atoms with Crippen LogP contribution in [0.1, 0.15) is 10.4 Å². The molecule has 4 nitrogen and oxygen atoms in total. The number of rotatable bonds is 2. The number of carbonyl (C=O) groups is 1. The minimum absolute atomic E-state index is 0.253. The number of halogens is 1. The maximum Gasteiger partial charge on any atom is 0.255 e. The van der Waals surface area contributed by atoms with Gasteiger partial charge < -0.3 is 5.73 Å². The van der Waals surface area contributed by atoms with Crippen LogP contribution in [-0.4, -0.2) is 10.5 Å². The van der Waals surface area contributed by atoms with Crippen LogP contribution in [0, 0.1) is 0 Å². The lowest BCUT2D eigenvalue weighted by molar-refractivity contribution is 0.0999. The van der Waals surface area contributed by atoms with Gasteiger partial charge in [-0.05, 0) is 24.3 Å². The summed E-state index contributed by atoms with van der Waals surface area (Å²) in [6.45, 7) is 0. The van der Waals surface area contributed by atoms with Crippen molar-refractivity contribution < 1.29 is 4.79 Å². The number of hydrogen-bond acceptors (Lipinski definition) is 2. The molecule has 86 valence electrons. The van der Waals surface area contributed by atoms with Gasteiger partial charge in [-0.15, -0.1) is 0 Å². The molecule has 0 saturated carbocycles. The smallest absolute Gasteiger partial charge is 0.255 e. The number of primary amides is 1. The maximum atomic E-state index is 11.7. The van der Waals surface area contributed by atoms with Crippen LogP contribution in [0.3, 0.4) is 0 Å². The largest absolute Gasteiger partial charge is 0.366 e. The van der Waals surface area contributed by atoms with Crippen molar-refractivity contribution in [2.45, 2.75) is 0 Å². The highest BCUT2D eigenvalue weighted by molar-refractivity contribution is 6.30. The molecule has 0 atom stereocenters. The molecule has 0 bridgehead atoms. The zero-order valence-corrected chi connectivity index (χ0v) is 9.52. The SMILES string of the molecule is NC(=O)c1ccc(=O)n(-c2cccc(Cl)c2)c1. The van der Waals surface area contributed by atoms with Gasteiger partial charge in [-0.3, -0.25) is 14.2 Å². The third-order valence-electron chi connectivity index (χ3n) is 2.28. The van der Waals surface area contributed by atoms with Crippen LogP contribution in [0.25, 0.3) is 5.69 Å². The van der Waals surface area contributed by atoms with Gasteiger partial charge in [0.25, 0.3) is 5.56 Å². The Bertz CT molecular complexity index is 634. The van der Waals surface area contributed by atoms with Crippen molar-refractivity contribution in [3.63, 3.8) is 0 Å². The molecule has 0 aliphatic heterocycles. The fourth-order valence-electron chi connectivity index (χ4n) is 1.46. The highest BCUT2D eigenvalue weighted by Gasteiger charge is 2.05. The number of amides is 1. The third kappa shape index (κ3) is 2.37. The summed E-state index contributed by atoms with van der Waals surface area (Å²) >= 11 is 5.84. The number of nitrogens with zero attached hydrogens (tertiary/aromatic N) is 1. The molecule has 2 aromatic rings. The first-order valence-corrected chi connectivity index (χ1v) is 5.24. The Morgan fingerprint density at radius 2 is 2.00 bits per heavy atom. The van der Waals surface area contributed by atoms with E-state index in [4.69, 9.17) is 17.3 Å². The van der Waals surface area contributed by atoms with Crippen molar-refractivity contribution in [1.82, 2.24) is 4.57 Å². The minimum atomic E-state index is -0.583. The number of aromatic nitrogens is 1. The molecule has 2 N–H and O–H groups in total. The summed E-state index contributed by atoms with van der Waals surface area (Å²) in [6, 6.07) is 9.47. The molecule has 0 saturated heterocycles. The predicted octanol–water partition coefficient (Wildman–Crippen LogP) is 1.59. The second-order valence-electron chi connectivity index (χ2n) is 3.47. The first kappa shape index (κ1) is 11.4. The van der Waals surface area contributed by atoms with E-state index in [0.29, 0.717) is 10.7 Å². The van der Waals surface area contributed by atoms with Crippen LogP contribution in [0.2, 0.25) is 5.02 Å². The lowest BCUT2D eigenvalue weighted by Gasteiger charge is -2.06. The summed E-state index contributed by atoms with van der Waals surface area (Å²) in [5.74, 6) is -0.583. The van der Waals surface area contributed by atoms with E-state index in [1.807, 2.05) is 0 Å². The quantitative estimate of drug-likeness (QED) is 0.877. The topological polar surface area (TPSA) is 65.1 Å². The van der Waals surface area contributed by atoms with E-state index in [1.54, 1.807) is 24.3 Å². The Labute approximate surface area is 102 Å². The second-order valence-corrected chi connectivity index (χ2v) is 3.91. The van der Waals surface area contributed by atoms with E-state index in [-0.39, 0.29) is 11.1 Å². The molecule has 1 aromatic carbocycles. The fourth-order valence-corrected chi connectivity index (χ4v) is 1.65. The summed E-state index contributed by atoms with van der Waals surface area (Å²) < 4.78 is 1.33. The average Bonchev–Trinajstić information content (AvgIpc) is 2.29. The van der Waals surface area contributed by atoms with E-state index < -0.39 is 5.91 Å². The van der Waals surface area contributed by atoms with Crippen LogP contribution >= 0.6 is 11.6 Å². The van der Waals surface area contributed by atoms with Gasteiger partial charge in [0.1, 0.15) is 0 Å². The monoisotopic (exact) mass is 248 g/mol. The molecular formula is C12H9ClN2O2. The van der Waals surface area contributed by atoms with Crippen molar-refractivity contribution in [2.75, 3.05) is 0 Å². The third-order valence-corrected chi connectivity index (χ3v) is 2.52. The Balaban J connectivity index is 2.62. The number of carbonyl (C=O) groups excluding carboxylic acids is 1. The van der Waals surface area contributed by atoms with Crippen LogP contribution in [-0.2, 0) is 0 Å². The second kappa shape index (κ2) is 4.43. The van der Waals surface area contributed by atoms with Crippen LogP contribution in [0.5, 0.6) is 0 Å². The van der Waals surface area contributed by atoms with E-state index >= 15 is 0 Å². The first-order chi connectivity index (χ1) is 8.08. The zero-order valence-electron chi connectivity index (χ0n) is 8.76. The summed E-state index contributed by atoms with van der Waals surface area (Å²) in [7, 11) is 0. The number of pyridine rings is 1. The molecule has 0 aliphatic carbocycles. The van der Waals surface area contributed by atoms with Crippen molar-refractivity contribution in [1.29, 1.82) is 0 Å². The minimum Gasteiger partial charge on any atom is -0.366 e. The molecule has 0 fully saturated rings. The van der Waals surface area contributed by atoms with Crippen molar-refractivity contribution in [3.8, 4) is 5.69 Å². The number of nitrogens with two attached hydrogens (primary N) is 1. The highest BCUT2D eigenvalue weighted by atomic mass is 35.5. The Morgan fingerprint density at radius 3 is 2.65 bits per heavy atom. The molecule has 0 radical (unpaired) electrons. The molecule has 5 heteroatoms. The van der Waals surface area contributed by atoms with Gasteiger partial charge in [-0.25, -0.2) is 0 Å². The van der Waals surface area contributed by atoms with Gasteiger partial charge >= 0.3 is 0 Å². The molecule has 2 rings (SSSR count). The number of benzene rings is 1. The zero-order chi connectivity index (χ0) is 12.4. The van der Waals surface area contributed by atoms with Gasteiger partial charge in [0, 0.05) is 17.3 Å². The molecule has 0 unspecified atom stereocenters. The van der Waals surface area contributed by atoms with Crippen molar-refractivity contribution in [2.24, 2.45) is 5.73 Å². The Hall–Kier alpha value is -2.07. The molecule has 17 heavy (non-hydrogen) atoms. The molecule has 1 amide bonds. The van der Waals surface area contributed by atoms with E-state index in [2.05, 4.69) is 0 Å². The molecule has 1 aromatic heterocycles. The van der Waals surface area contributed by atoms with Gasteiger partial charge in [0.2, 0.25) is 5.91 Å². The Kier molecular flexibility index (Phi) is 2.97. The van der Waals surface area contributed by atoms with Crippen molar-refractivity contribution >= 4 is 17.5 Å². The van der Waals surface area contributed by atoms with Gasteiger partial charge in [-0.1, -0.05) is 17.7 Å². The molecular weight excluding hydrogens is 240 g/mol. The van der Waals surface area contributed by atoms with E-state index in [0.717, 1.165) is 0 Å². The lowest BCUT2D eigenvalue weighted by Crippen LogP contribution is -2.20. The normalized spacial score (nSPS) is 10.2. The lowest BCUT2D eigenvalue weighted by atomic mass is 10.2. The number of hydrogen-bond donors (Lipinski definition) is 1. The summed E-state index contributed by atoms with van der Waals surface area (Å²) in [5.41, 5.74) is 5.76. The fraction of sp³-hybridized carbons (Fsp3) is 0. The predicted molar refractivity (Wildman–Crippen MR) is 65.6 cm³/mol. The van der Waals surface area contributed by atoms with Crippen LogP contribution in [0.15, 0.2) is 47.4 Å². The summed E-state index contributed by atoms with van der Waals surface area (Å²) in [5, 5.41) is 0.513. The maximum absolute atomic E-state index is 11.7. The standard InChI is InChI=1S/C12H9ClN2O2/c13-9-2-1-3-10(6-9)15-7-8(12(14)17)4-5-11(15)16/h1-7H,(H2,14,17). The van der Waals surface area contributed by atoms with Crippen molar-refractivity contribution in [3.05, 3.63) is 63.5 Å². The van der Waals surface area contributed by atoms with Gasteiger partial charge in [0.05, 0.1) is 11.3 Å². The highest BCUT2D eigenvalue weighted by Crippen LogP contribution is 2.13. The molecule has 0 spiro atoms. The average molecular weight is 249 g/mol. The summed E-state index contributed by atoms with van der Waals surface area (Å²) in [4.78, 5) is 22.7. The molecule has 0 aliphatic rings. The first-order valence-electron chi connectivity index (χ1n) is 4.86.